The zero-order chi connectivity index (χ0) is 25.5. The highest BCUT2D eigenvalue weighted by molar-refractivity contribution is 5.98. The van der Waals surface area contributed by atoms with Gasteiger partial charge in [-0.3, -0.25) is 4.79 Å². The second-order valence-corrected chi connectivity index (χ2v) is 9.54. The zero-order valence-corrected chi connectivity index (χ0v) is 21.3. The lowest BCUT2D eigenvalue weighted by Crippen LogP contribution is -2.30. The van der Waals surface area contributed by atoms with Gasteiger partial charge in [0.05, 0.1) is 5.92 Å². The van der Waals surface area contributed by atoms with Gasteiger partial charge in [0.15, 0.2) is 0 Å². The SMILES string of the molecule is CCC(=C(c1ccc(OCC(O)CN(C)C)cc1)c1ccc(OC(=O)C2CC2)cc1)c1ccccc1. The number of carbonyl (C=O) groups is 1. The molecule has 0 heterocycles. The Kier molecular flexibility index (Phi) is 8.57. The lowest BCUT2D eigenvalue weighted by Gasteiger charge is -2.18. The predicted octanol–water partition coefficient (Wildman–Crippen LogP) is 5.67. The maximum atomic E-state index is 12.1. The van der Waals surface area contributed by atoms with Crippen LogP contribution in [0, 0.1) is 5.92 Å². The minimum atomic E-state index is -0.549. The second kappa shape index (κ2) is 12.0. The summed E-state index contributed by atoms with van der Waals surface area (Å²) in [7, 11) is 3.85. The first-order valence-corrected chi connectivity index (χ1v) is 12.6. The standard InChI is InChI=1S/C31H35NO4/c1-4-29(22-8-6-5-7-9-22)30(24-14-18-28(19-15-24)36-31(34)25-10-11-25)23-12-16-27(17-13-23)35-21-26(33)20-32(2)3/h5-9,12-19,25-26,33H,4,10-11,20-21H2,1-3H3. The number of hydrogen-bond acceptors (Lipinski definition) is 5. The third-order valence-corrected chi connectivity index (χ3v) is 6.21. The average molecular weight is 486 g/mol. The summed E-state index contributed by atoms with van der Waals surface area (Å²) in [4.78, 5) is 14.0. The first-order valence-electron chi connectivity index (χ1n) is 12.6. The van der Waals surface area contributed by atoms with Crippen LogP contribution in [0.2, 0.25) is 0 Å². The quantitative estimate of drug-likeness (QED) is 0.215. The third-order valence-electron chi connectivity index (χ3n) is 6.21. The van der Waals surface area contributed by atoms with Crippen molar-refractivity contribution in [3.63, 3.8) is 0 Å². The van der Waals surface area contributed by atoms with E-state index in [1.54, 1.807) is 0 Å². The van der Waals surface area contributed by atoms with Crippen molar-refractivity contribution < 1.29 is 19.4 Å². The van der Waals surface area contributed by atoms with Gasteiger partial charge in [-0.2, -0.15) is 0 Å². The Balaban J connectivity index is 1.63. The molecule has 36 heavy (non-hydrogen) atoms. The number of likely N-dealkylation sites (N-methyl/N-ethyl adjacent to an activating group) is 1. The first kappa shape index (κ1) is 25.7. The molecule has 3 aromatic carbocycles. The van der Waals surface area contributed by atoms with Crippen molar-refractivity contribution in [1.82, 2.24) is 4.90 Å². The number of esters is 1. The highest BCUT2D eigenvalue weighted by Gasteiger charge is 2.31. The molecular weight excluding hydrogens is 450 g/mol. The average Bonchev–Trinajstić information content (AvgIpc) is 3.73. The van der Waals surface area contributed by atoms with Crippen LogP contribution in [0.15, 0.2) is 78.9 Å². The van der Waals surface area contributed by atoms with Gasteiger partial charge in [-0.25, -0.2) is 0 Å². The number of carbonyl (C=O) groups excluding carboxylic acids is 1. The summed E-state index contributed by atoms with van der Waals surface area (Å²) in [6, 6.07) is 26.2. The molecule has 0 radical (unpaired) electrons. The van der Waals surface area contributed by atoms with Crippen LogP contribution in [-0.2, 0) is 4.79 Å². The molecule has 0 spiro atoms. The summed E-state index contributed by atoms with van der Waals surface area (Å²) in [5, 5.41) is 10.1. The van der Waals surface area contributed by atoms with Gasteiger partial charge in [-0.15, -0.1) is 0 Å². The highest BCUT2D eigenvalue weighted by atomic mass is 16.5. The molecule has 0 bridgehead atoms. The van der Waals surface area contributed by atoms with Crippen LogP contribution in [0.5, 0.6) is 11.5 Å². The predicted molar refractivity (Wildman–Crippen MR) is 144 cm³/mol. The molecule has 1 aliphatic carbocycles. The van der Waals surface area contributed by atoms with Gasteiger partial charge in [0.1, 0.15) is 24.2 Å². The zero-order valence-electron chi connectivity index (χ0n) is 21.3. The fraction of sp³-hybridized carbons (Fsp3) is 0.323. The molecule has 0 saturated heterocycles. The van der Waals surface area contributed by atoms with Crippen LogP contribution in [0.3, 0.4) is 0 Å². The maximum absolute atomic E-state index is 12.1. The largest absolute Gasteiger partial charge is 0.491 e. The van der Waals surface area contributed by atoms with Crippen molar-refractivity contribution in [3.8, 4) is 11.5 Å². The Labute approximate surface area is 214 Å². The Morgan fingerprint density at radius 2 is 1.47 bits per heavy atom. The minimum absolute atomic E-state index is 0.0645. The Hall–Kier alpha value is -3.41. The van der Waals surface area contributed by atoms with Gasteiger partial charge in [-0.1, -0.05) is 61.5 Å². The fourth-order valence-corrected chi connectivity index (χ4v) is 4.27. The summed E-state index contributed by atoms with van der Waals surface area (Å²) in [5.74, 6) is 1.22. The molecular formula is C31H35NO4. The highest BCUT2D eigenvalue weighted by Crippen LogP contribution is 2.36. The number of aliphatic hydroxyl groups is 1. The Morgan fingerprint density at radius 1 is 0.889 bits per heavy atom. The fourth-order valence-electron chi connectivity index (χ4n) is 4.27. The van der Waals surface area contributed by atoms with E-state index in [1.165, 1.54) is 11.1 Å². The Bertz CT molecular complexity index is 1160. The molecule has 0 aromatic heterocycles. The van der Waals surface area contributed by atoms with Crippen molar-refractivity contribution in [2.45, 2.75) is 32.3 Å². The van der Waals surface area contributed by atoms with E-state index >= 15 is 0 Å². The van der Waals surface area contributed by atoms with Gasteiger partial charge < -0.3 is 19.5 Å². The summed E-state index contributed by atoms with van der Waals surface area (Å²) < 4.78 is 11.4. The molecule has 188 valence electrons. The molecule has 3 aromatic rings. The number of hydrogen-bond donors (Lipinski definition) is 1. The van der Waals surface area contributed by atoms with Crippen LogP contribution in [0.4, 0.5) is 0 Å². The number of allylic oxidation sites excluding steroid dienone is 1. The molecule has 1 saturated carbocycles. The molecule has 5 heteroatoms. The van der Waals surface area contributed by atoms with Crippen LogP contribution >= 0.6 is 0 Å². The maximum Gasteiger partial charge on any atom is 0.314 e. The van der Waals surface area contributed by atoms with E-state index < -0.39 is 6.10 Å². The molecule has 1 N–H and O–H groups in total. The number of ether oxygens (including phenoxy) is 2. The van der Waals surface area contributed by atoms with E-state index in [1.807, 2.05) is 61.5 Å². The number of nitrogens with zero attached hydrogens (tertiary/aromatic N) is 1. The lowest BCUT2D eigenvalue weighted by atomic mass is 9.88. The topological polar surface area (TPSA) is 59.0 Å². The summed E-state index contributed by atoms with van der Waals surface area (Å²) >= 11 is 0. The van der Waals surface area contributed by atoms with E-state index in [-0.39, 0.29) is 18.5 Å². The molecule has 0 amide bonds. The molecule has 1 unspecified atom stereocenters. The summed E-state index contributed by atoms with van der Waals surface area (Å²) in [6.07, 6.45) is 2.16. The summed E-state index contributed by atoms with van der Waals surface area (Å²) in [5.41, 5.74) is 5.65. The smallest absolute Gasteiger partial charge is 0.314 e. The van der Waals surface area contributed by atoms with E-state index in [0.717, 1.165) is 41.7 Å². The monoisotopic (exact) mass is 485 g/mol. The van der Waals surface area contributed by atoms with Crippen LogP contribution in [0.1, 0.15) is 42.9 Å². The number of aliphatic hydroxyl groups excluding tert-OH is 1. The molecule has 1 fully saturated rings. The van der Waals surface area contributed by atoms with Crippen LogP contribution in [0.25, 0.3) is 11.1 Å². The minimum Gasteiger partial charge on any atom is -0.491 e. The van der Waals surface area contributed by atoms with Gasteiger partial charge in [0.25, 0.3) is 0 Å². The molecule has 4 rings (SSSR count). The molecule has 5 nitrogen and oxygen atoms in total. The molecule has 0 aliphatic heterocycles. The number of rotatable bonds is 11. The van der Waals surface area contributed by atoms with Gasteiger partial charge in [0, 0.05) is 6.54 Å². The van der Waals surface area contributed by atoms with E-state index in [4.69, 9.17) is 9.47 Å². The number of benzene rings is 3. The Morgan fingerprint density at radius 3 is 2.00 bits per heavy atom. The lowest BCUT2D eigenvalue weighted by molar-refractivity contribution is -0.135. The normalized spacial score (nSPS) is 14.8. The summed E-state index contributed by atoms with van der Waals surface area (Å²) in [6.45, 7) is 2.96. The molecule has 1 atom stereocenters. The second-order valence-electron chi connectivity index (χ2n) is 9.54. The van der Waals surface area contributed by atoms with Crippen molar-refractivity contribution in [1.29, 1.82) is 0 Å². The van der Waals surface area contributed by atoms with E-state index in [0.29, 0.717) is 12.3 Å². The van der Waals surface area contributed by atoms with Crippen molar-refractivity contribution in [2.24, 2.45) is 5.92 Å². The first-order chi connectivity index (χ1) is 17.4. The van der Waals surface area contributed by atoms with E-state index in [9.17, 15) is 9.90 Å². The molecule has 1 aliphatic rings. The third kappa shape index (κ3) is 6.84. The van der Waals surface area contributed by atoms with E-state index in [2.05, 4.69) is 43.3 Å². The van der Waals surface area contributed by atoms with Crippen LogP contribution in [-0.4, -0.2) is 49.3 Å². The van der Waals surface area contributed by atoms with Crippen LogP contribution < -0.4 is 9.47 Å². The van der Waals surface area contributed by atoms with Crippen molar-refractivity contribution in [2.75, 3.05) is 27.2 Å². The van der Waals surface area contributed by atoms with Crippen molar-refractivity contribution in [3.05, 3.63) is 95.6 Å². The van der Waals surface area contributed by atoms with Gasteiger partial charge >= 0.3 is 5.97 Å². The van der Waals surface area contributed by atoms with Gasteiger partial charge in [-0.05, 0) is 85.5 Å². The van der Waals surface area contributed by atoms with Crippen molar-refractivity contribution >= 4 is 17.1 Å². The van der Waals surface area contributed by atoms with Gasteiger partial charge in [0.2, 0.25) is 0 Å².